The average molecular weight is 1420 g/mol. The first kappa shape index (κ1) is 95.1. The number of hydrogen-bond donors (Lipinski definition) is 3. The molecule has 3 N–H and O–H groups in total. The third-order valence-corrected chi connectivity index (χ3v) is 20.5. The van der Waals surface area contributed by atoms with Crippen molar-refractivity contribution < 1.29 is 80.2 Å². The molecule has 0 bridgehead atoms. The van der Waals surface area contributed by atoms with E-state index in [1.165, 1.54) is 225 Å². The molecule has 97 heavy (non-hydrogen) atoms. The fourth-order valence-electron chi connectivity index (χ4n) is 12.0. The minimum absolute atomic E-state index is 0.108. The third-order valence-electron chi connectivity index (χ3n) is 18.6. The molecule has 0 aromatic rings. The molecule has 0 heterocycles. The predicted molar refractivity (Wildman–Crippen MR) is 395 cm³/mol. The second-order valence-corrected chi connectivity index (χ2v) is 31.7. The summed E-state index contributed by atoms with van der Waals surface area (Å²) in [5, 5.41) is 10.6. The Labute approximate surface area is 594 Å². The number of esters is 4. The van der Waals surface area contributed by atoms with Crippen molar-refractivity contribution in [1.29, 1.82) is 0 Å². The van der Waals surface area contributed by atoms with E-state index in [-0.39, 0.29) is 25.7 Å². The van der Waals surface area contributed by atoms with Gasteiger partial charge < -0.3 is 33.8 Å². The Bertz CT molecular complexity index is 1870. The second-order valence-electron chi connectivity index (χ2n) is 28.8. The molecule has 0 amide bonds. The van der Waals surface area contributed by atoms with E-state index in [9.17, 15) is 43.2 Å². The highest BCUT2D eigenvalue weighted by molar-refractivity contribution is 7.47. The number of carbonyl (C=O) groups excluding carboxylic acids is 4. The Balaban J connectivity index is 5.26. The first-order valence-corrected chi connectivity index (χ1v) is 43.5. The average Bonchev–Trinajstić information content (AvgIpc) is 1.36. The molecule has 0 aromatic carbocycles. The van der Waals surface area contributed by atoms with Crippen LogP contribution in [-0.2, 0) is 65.4 Å². The summed E-state index contributed by atoms with van der Waals surface area (Å²) in [7, 11) is -9.91. The van der Waals surface area contributed by atoms with Gasteiger partial charge in [-0.2, -0.15) is 0 Å². The van der Waals surface area contributed by atoms with E-state index in [1.54, 1.807) is 0 Å². The minimum Gasteiger partial charge on any atom is -0.462 e. The van der Waals surface area contributed by atoms with Crippen molar-refractivity contribution in [3.8, 4) is 0 Å². The van der Waals surface area contributed by atoms with Crippen molar-refractivity contribution in [2.45, 2.75) is 426 Å². The summed E-state index contributed by atoms with van der Waals surface area (Å²) in [4.78, 5) is 72.9. The fraction of sp³-hybridized carbons (Fsp3) is 0.949. The molecule has 0 fully saturated rings. The zero-order valence-corrected chi connectivity index (χ0v) is 65.2. The Kier molecular flexibility index (Phi) is 68.4. The van der Waals surface area contributed by atoms with Gasteiger partial charge >= 0.3 is 39.5 Å². The molecule has 0 saturated carbocycles. The minimum atomic E-state index is -4.96. The molecule has 6 atom stereocenters. The summed E-state index contributed by atoms with van der Waals surface area (Å²) in [5.41, 5.74) is 0. The largest absolute Gasteiger partial charge is 0.472 e. The van der Waals surface area contributed by atoms with Gasteiger partial charge in [0, 0.05) is 25.7 Å². The lowest BCUT2D eigenvalue weighted by Crippen LogP contribution is -2.30. The summed E-state index contributed by atoms with van der Waals surface area (Å²) in [6.45, 7) is 9.67. The lowest BCUT2D eigenvalue weighted by atomic mass is 9.99. The number of rotatable bonds is 77. The lowest BCUT2D eigenvalue weighted by Gasteiger charge is -2.21. The van der Waals surface area contributed by atoms with Crippen molar-refractivity contribution in [3.63, 3.8) is 0 Å². The number of unbranched alkanes of at least 4 members (excludes halogenated alkanes) is 46. The third kappa shape index (κ3) is 70.9. The maximum atomic E-state index is 13.1. The molecule has 0 saturated heterocycles. The molecular formula is C78H152O17P2. The SMILES string of the molecule is CCCCCCCCCCCCCCCCC(=O)O[C@H](COC(=O)CCCCCCCCCCCCC)COP(=O)(O)OC[C@H](O)COP(=O)(O)OC[C@@H](COC(=O)CCCCCCCCCCCCC(C)CC)OC(=O)CCCCCCCCCCCCCCCCCC(C)C. The van der Waals surface area contributed by atoms with Crippen molar-refractivity contribution in [3.05, 3.63) is 0 Å². The summed E-state index contributed by atoms with van der Waals surface area (Å²) >= 11 is 0. The number of aliphatic hydroxyl groups is 1. The van der Waals surface area contributed by atoms with Crippen LogP contribution in [0.15, 0.2) is 0 Å². The topological polar surface area (TPSA) is 237 Å². The predicted octanol–water partition coefficient (Wildman–Crippen LogP) is 23.1. The van der Waals surface area contributed by atoms with Crippen LogP contribution in [0.2, 0.25) is 0 Å². The van der Waals surface area contributed by atoms with Crippen LogP contribution in [0.4, 0.5) is 0 Å². The standard InChI is InChI=1S/C78H152O17P2/c1-7-10-12-14-16-18-20-21-26-30-38-44-50-56-62-77(82)94-73(66-88-75(80)60-54-48-42-36-28-19-17-15-13-11-8-2)68-92-96(84,85)90-64-72(79)65-91-97(86,87)93-69-74(67-89-76(81)61-55-49-43-37-33-32-35-41-47-53-59-71(6)9-3)95-78(83)63-57-51-45-39-31-27-24-22-23-25-29-34-40-46-52-58-70(4)5/h70-74,79H,7-69H2,1-6H3,(H,84,85)(H,86,87)/t71?,72-,73+,74+/m0/s1. The molecule has 0 aromatic heterocycles. The maximum Gasteiger partial charge on any atom is 0.472 e. The highest BCUT2D eigenvalue weighted by Crippen LogP contribution is 2.45. The van der Waals surface area contributed by atoms with Gasteiger partial charge in [0.2, 0.25) is 0 Å². The summed E-state index contributed by atoms with van der Waals surface area (Å²) in [6, 6.07) is 0. The van der Waals surface area contributed by atoms with Crippen molar-refractivity contribution >= 4 is 39.5 Å². The van der Waals surface area contributed by atoms with E-state index >= 15 is 0 Å². The molecule has 19 heteroatoms. The van der Waals surface area contributed by atoms with Crippen LogP contribution in [0.1, 0.15) is 408 Å². The van der Waals surface area contributed by atoms with Gasteiger partial charge in [-0.3, -0.25) is 37.3 Å². The first-order valence-electron chi connectivity index (χ1n) is 40.5. The molecule has 17 nitrogen and oxygen atoms in total. The Morgan fingerprint density at radius 1 is 0.299 bits per heavy atom. The van der Waals surface area contributed by atoms with E-state index < -0.39 is 97.5 Å². The van der Waals surface area contributed by atoms with Gasteiger partial charge in [0.15, 0.2) is 12.2 Å². The van der Waals surface area contributed by atoms with Crippen LogP contribution < -0.4 is 0 Å². The number of aliphatic hydroxyl groups excluding tert-OH is 1. The van der Waals surface area contributed by atoms with Gasteiger partial charge in [-0.1, -0.05) is 356 Å². The number of phosphoric acid groups is 2. The quantitative estimate of drug-likeness (QED) is 0.0222. The van der Waals surface area contributed by atoms with E-state index in [4.69, 9.17) is 37.0 Å². The Morgan fingerprint density at radius 3 is 0.784 bits per heavy atom. The van der Waals surface area contributed by atoms with Crippen LogP contribution >= 0.6 is 15.6 Å². The number of hydrogen-bond acceptors (Lipinski definition) is 15. The highest BCUT2D eigenvalue weighted by Gasteiger charge is 2.30. The van der Waals surface area contributed by atoms with Gasteiger partial charge in [0.1, 0.15) is 19.3 Å². The Morgan fingerprint density at radius 2 is 0.526 bits per heavy atom. The molecule has 3 unspecified atom stereocenters. The van der Waals surface area contributed by atoms with Gasteiger partial charge in [-0.05, 0) is 37.5 Å². The summed E-state index contributed by atoms with van der Waals surface area (Å²) < 4.78 is 68.6. The van der Waals surface area contributed by atoms with E-state index in [1.807, 2.05) is 0 Å². The highest BCUT2D eigenvalue weighted by atomic mass is 31.2. The van der Waals surface area contributed by atoms with Crippen LogP contribution in [0.5, 0.6) is 0 Å². The molecule has 576 valence electrons. The monoisotopic (exact) mass is 1420 g/mol. The van der Waals surface area contributed by atoms with Crippen molar-refractivity contribution in [2.24, 2.45) is 11.8 Å². The molecule has 0 spiro atoms. The van der Waals surface area contributed by atoms with Gasteiger partial charge in [-0.15, -0.1) is 0 Å². The molecule has 0 aliphatic rings. The second kappa shape index (κ2) is 69.8. The zero-order valence-electron chi connectivity index (χ0n) is 63.4. The molecule has 0 radical (unpaired) electrons. The maximum absolute atomic E-state index is 13.1. The molecule has 0 aliphatic heterocycles. The molecule has 0 aliphatic carbocycles. The number of ether oxygens (including phenoxy) is 4. The van der Waals surface area contributed by atoms with Gasteiger partial charge in [-0.25, -0.2) is 9.13 Å². The fourth-order valence-corrected chi connectivity index (χ4v) is 13.6. The first-order chi connectivity index (χ1) is 46.9. The molecule has 0 rings (SSSR count). The lowest BCUT2D eigenvalue weighted by molar-refractivity contribution is -0.161. The molecular weight excluding hydrogens is 1270 g/mol. The van der Waals surface area contributed by atoms with Crippen LogP contribution in [0, 0.1) is 11.8 Å². The van der Waals surface area contributed by atoms with Gasteiger partial charge in [0.05, 0.1) is 26.4 Å². The smallest absolute Gasteiger partial charge is 0.462 e. The van der Waals surface area contributed by atoms with Crippen LogP contribution in [0.3, 0.4) is 0 Å². The van der Waals surface area contributed by atoms with Crippen molar-refractivity contribution in [2.75, 3.05) is 39.6 Å². The van der Waals surface area contributed by atoms with Crippen LogP contribution in [-0.4, -0.2) is 96.7 Å². The Hall–Kier alpha value is -1.94. The zero-order chi connectivity index (χ0) is 71.4. The van der Waals surface area contributed by atoms with E-state index in [0.717, 1.165) is 102 Å². The van der Waals surface area contributed by atoms with Crippen molar-refractivity contribution in [1.82, 2.24) is 0 Å². The van der Waals surface area contributed by atoms with E-state index in [2.05, 4.69) is 41.5 Å². The van der Waals surface area contributed by atoms with Crippen LogP contribution in [0.25, 0.3) is 0 Å². The van der Waals surface area contributed by atoms with E-state index in [0.29, 0.717) is 25.7 Å². The number of carbonyl (C=O) groups is 4. The summed E-state index contributed by atoms with van der Waals surface area (Å²) in [5.74, 6) is -0.498. The summed E-state index contributed by atoms with van der Waals surface area (Å²) in [6.07, 6.45) is 58.0. The van der Waals surface area contributed by atoms with Gasteiger partial charge in [0.25, 0.3) is 0 Å². The number of phosphoric ester groups is 2. The normalized spacial score (nSPS) is 14.2.